The molecule has 0 spiro atoms. The number of aryl methyl sites for hydroxylation is 1. The van der Waals surface area contributed by atoms with Crippen molar-refractivity contribution in [2.45, 2.75) is 6.92 Å². The fourth-order valence-electron chi connectivity index (χ4n) is 1.64. The van der Waals surface area contributed by atoms with E-state index in [1.54, 1.807) is 24.0 Å². The largest absolute Gasteiger partial charge is 0.461 e. The molecule has 2 rings (SSSR count). The van der Waals surface area contributed by atoms with Crippen molar-refractivity contribution in [3.8, 4) is 0 Å². The first kappa shape index (κ1) is 10.8. The van der Waals surface area contributed by atoms with E-state index in [1.807, 2.05) is 0 Å². The fraction of sp³-hybridized carbons (Fsp3) is 0.300. The van der Waals surface area contributed by atoms with E-state index in [9.17, 15) is 4.79 Å². The number of aromatic nitrogens is 2. The maximum atomic E-state index is 11.7. The van der Waals surface area contributed by atoms with Crippen molar-refractivity contribution in [1.29, 1.82) is 5.41 Å². The highest BCUT2D eigenvalue weighted by Gasteiger charge is 2.22. The van der Waals surface area contributed by atoms with Crippen molar-refractivity contribution < 1.29 is 9.53 Å². The van der Waals surface area contributed by atoms with E-state index in [2.05, 4.69) is 4.98 Å². The number of hydrogen-bond acceptors (Lipinski definition) is 5. The molecule has 2 aromatic heterocycles. The highest BCUT2D eigenvalue weighted by atomic mass is 32.1. The first-order valence-corrected chi connectivity index (χ1v) is 5.68. The predicted molar refractivity (Wildman–Crippen MR) is 62.4 cm³/mol. The van der Waals surface area contributed by atoms with Crippen LogP contribution in [0.2, 0.25) is 0 Å². The molecule has 1 N–H and O–H groups in total. The lowest BCUT2D eigenvalue weighted by atomic mass is 10.2. The highest BCUT2D eigenvalue weighted by Crippen LogP contribution is 2.27. The van der Waals surface area contributed by atoms with Crippen molar-refractivity contribution in [2.75, 3.05) is 6.61 Å². The maximum absolute atomic E-state index is 11.7. The van der Waals surface area contributed by atoms with Crippen LogP contribution in [0.15, 0.2) is 5.51 Å². The number of esters is 1. The SMILES string of the molecule is CCOC(=O)c1c(C=N)c2scnc2n1C. The second kappa shape index (κ2) is 4.05. The van der Waals surface area contributed by atoms with Crippen LogP contribution in [0, 0.1) is 5.41 Å². The summed E-state index contributed by atoms with van der Waals surface area (Å²) in [4.78, 5) is 15.9. The zero-order valence-electron chi connectivity index (χ0n) is 8.98. The number of ether oxygens (including phenoxy) is 1. The molecule has 84 valence electrons. The zero-order chi connectivity index (χ0) is 11.7. The molecule has 0 aliphatic rings. The third-order valence-electron chi connectivity index (χ3n) is 2.31. The van der Waals surface area contributed by atoms with Gasteiger partial charge in [0.05, 0.1) is 16.8 Å². The number of thiazole rings is 1. The van der Waals surface area contributed by atoms with Crippen molar-refractivity contribution in [1.82, 2.24) is 9.55 Å². The van der Waals surface area contributed by atoms with E-state index in [1.165, 1.54) is 17.6 Å². The van der Waals surface area contributed by atoms with Crippen LogP contribution in [0.3, 0.4) is 0 Å². The average Bonchev–Trinajstić information content (AvgIpc) is 2.81. The molecule has 6 heteroatoms. The number of nitrogens with zero attached hydrogens (tertiary/aromatic N) is 2. The summed E-state index contributed by atoms with van der Waals surface area (Å²) in [5, 5.41) is 7.38. The Hall–Kier alpha value is -1.69. The lowest BCUT2D eigenvalue weighted by Gasteiger charge is -2.04. The molecule has 0 bridgehead atoms. The number of carbonyl (C=O) groups is 1. The Labute approximate surface area is 96.2 Å². The molecule has 0 saturated heterocycles. The third kappa shape index (κ3) is 1.42. The van der Waals surface area contributed by atoms with Gasteiger partial charge >= 0.3 is 5.97 Å². The second-order valence-electron chi connectivity index (χ2n) is 3.19. The van der Waals surface area contributed by atoms with E-state index in [-0.39, 0.29) is 0 Å². The molecule has 2 aromatic rings. The minimum absolute atomic E-state index is 0.322. The van der Waals surface area contributed by atoms with Gasteiger partial charge in [-0.3, -0.25) is 0 Å². The topological polar surface area (TPSA) is 68.0 Å². The first-order valence-electron chi connectivity index (χ1n) is 4.80. The van der Waals surface area contributed by atoms with Crippen molar-refractivity contribution in [3.63, 3.8) is 0 Å². The van der Waals surface area contributed by atoms with Crippen LogP contribution < -0.4 is 0 Å². The summed E-state index contributed by atoms with van der Waals surface area (Å²) >= 11 is 1.42. The van der Waals surface area contributed by atoms with Crippen LogP contribution in [-0.4, -0.2) is 28.3 Å². The Kier molecular flexibility index (Phi) is 2.74. The summed E-state index contributed by atoms with van der Waals surface area (Å²) in [6.07, 6.45) is 1.17. The summed E-state index contributed by atoms with van der Waals surface area (Å²) in [7, 11) is 1.75. The lowest BCUT2D eigenvalue weighted by Crippen LogP contribution is -2.12. The number of carbonyl (C=O) groups excluding carboxylic acids is 1. The Morgan fingerprint density at radius 2 is 2.50 bits per heavy atom. The van der Waals surface area contributed by atoms with Gasteiger partial charge in [0, 0.05) is 18.8 Å². The van der Waals surface area contributed by atoms with Gasteiger partial charge in [-0.1, -0.05) is 0 Å². The molecular formula is C10H11N3O2S. The van der Waals surface area contributed by atoms with Gasteiger partial charge < -0.3 is 14.7 Å². The van der Waals surface area contributed by atoms with Crippen LogP contribution in [0.25, 0.3) is 10.3 Å². The zero-order valence-corrected chi connectivity index (χ0v) is 9.80. The first-order chi connectivity index (χ1) is 7.70. The smallest absolute Gasteiger partial charge is 0.355 e. The molecule has 0 radical (unpaired) electrons. The number of hydrogen-bond donors (Lipinski definition) is 1. The molecule has 0 saturated carbocycles. The van der Waals surface area contributed by atoms with Crippen LogP contribution >= 0.6 is 11.3 Å². The molecule has 0 amide bonds. The molecule has 5 nitrogen and oxygen atoms in total. The molecule has 2 heterocycles. The van der Waals surface area contributed by atoms with Gasteiger partial charge in [0.2, 0.25) is 0 Å². The van der Waals surface area contributed by atoms with Crippen LogP contribution in [0.1, 0.15) is 23.0 Å². The monoisotopic (exact) mass is 237 g/mol. The molecule has 16 heavy (non-hydrogen) atoms. The second-order valence-corrected chi connectivity index (χ2v) is 4.05. The normalized spacial score (nSPS) is 10.6. The molecule has 0 atom stereocenters. The van der Waals surface area contributed by atoms with Crippen LogP contribution in [0.5, 0.6) is 0 Å². The quantitative estimate of drug-likeness (QED) is 0.654. The van der Waals surface area contributed by atoms with Gasteiger partial charge in [0.25, 0.3) is 0 Å². The van der Waals surface area contributed by atoms with Crippen LogP contribution in [-0.2, 0) is 11.8 Å². The van der Waals surface area contributed by atoms with E-state index >= 15 is 0 Å². The lowest BCUT2D eigenvalue weighted by molar-refractivity contribution is 0.0515. The molecular weight excluding hydrogens is 226 g/mol. The van der Waals surface area contributed by atoms with E-state index in [4.69, 9.17) is 10.1 Å². The summed E-state index contributed by atoms with van der Waals surface area (Å²) < 4.78 is 7.48. The van der Waals surface area contributed by atoms with Crippen LogP contribution in [0.4, 0.5) is 0 Å². The van der Waals surface area contributed by atoms with Gasteiger partial charge in [-0.25, -0.2) is 9.78 Å². The van der Waals surface area contributed by atoms with Crippen molar-refractivity contribution in [2.24, 2.45) is 7.05 Å². The Morgan fingerprint density at radius 1 is 1.75 bits per heavy atom. The summed E-state index contributed by atoms with van der Waals surface area (Å²) in [6, 6.07) is 0. The Balaban J connectivity index is 2.67. The summed E-state index contributed by atoms with van der Waals surface area (Å²) in [5.41, 5.74) is 3.39. The summed E-state index contributed by atoms with van der Waals surface area (Å²) in [6.45, 7) is 2.08. The minimum Gasteiger partial charge on any atom is -0.461 e. The third-order valence-corrected chi connectivity index (χ3v) is 3.16. The standard InChI is InChI=1S/C10H11N3O2S/c1-3-15-10(14)7-6(4-11)8-9(13(7)2)12-5-16-8/h4-5,11H,3H2,1-2H3. The Morgan fingerprint density at radius 3 is 3.12 bits per heavy atom. The average molecular weight is 237 g/mol. The van der Waals surface area contributed by atoms with E-state index in [0.717, 1.165) is 4.70 Å². The van der Waals surface area contributed by atoms with E-state index in [0.29, 0.717) is 23.5 Å². The molecule has 0 aliphatic heterocycles. The number of rotatable bonds is 3. The predicted octanol–water partition coefficient (Wildman–Crippen LogP) is 1.81. The van der Waals surface area contributed by atoms with Gasteiger partial charge in [0.1, 0.15) is 5.69 Å². The maximum Gasteiger partial charge on any atom is 0.355 e. The summed E-state index contributed by atoms with van der Waals surface area (Å²) in [5.74, 6) is -0.409. The number of fused-ring (bicyclic) bond motifs is 1. The highest BCUT2D eigenvalue weighted by molar-refractivity contribution is 7.17. The minimum atomic E-state index is -0.409. The van der Waals surface area contributed by atoms with Crippen molar-refractivity contribution >= 4 is 33.9 Å². The van der Waals surface area contributed by atoms with Gasteiger partial charge in [-0.2, -0.15) is 0 Å². The van der Waals surface area contributed by atoms with Gasteiger partial charge in [-0.15, -0.1) is 11.3 Å². The molecule has 0 aliphatic carbocycles. The van der Waals surface area contributed by atoms with Gasteiger partial charge in [-0.05, 0) is 6.92 Å². The molecule has 0 fully saturated rings. The van der Waals surface area contributed by atoms with Gasteiger partial charge in [0.15, 0.2) is 5.65 Å². The number of nitrogens with one attached hydrogen (secondary N) is 1. The Bertz CT molecular complexity index is 556. The fourth-order valence-corrected chi connectivity index (χ4v) is 2.47. The molecule has 0 unspecified atom stereocenters. The van der Waals surface area contributed by atoms with Crippen molar-refractivity contribution in [3.05, 3.63) is 16.8 Å². The van der Waals surface area contributed by atoms with E-state index < -0.39 is 5.97 Å². The molecule has 0 aromatic carbocycles.